The van der Waals surface area contributed by atoms with Crippen molar-refractivity contribution in [3.05, 3.63) is 45.7 Å². The Labute approximate surface area is 123 Å². The number of carbonyl (C=O) groups is 2. The molecule has 6 nitrogen and oxygen atoms in total. The fourth-order valence-electron chi connectivity index (χ4n) is 1.77. The second kappa shape index (κ2) is 5.46. The normalized spacial score (nSPS) is 10.3. The molecule has 1 aromatic heterocycles. The predicted molar refractivity (Wildman–Crippen MR) is 77.0 cm³/mol. The van der Waals surface area contributed by atoms with Gasteiger partial charge in [0, 0.05) is 17.7 Å². The predicted octanol–water partition coefficient (Wildman–Crippen LogP) is 2.44. The van der Waals surface area contributed by atoms with E-state index < -0.39 is 5.97 Å². The summed E-state index contributed by atoms with van der Waals surface area (Å²) in [5.74, 6) is -1.38. The first-order valence-corrected chi connectivity index (χ1v) is 6.52. The van der Waals surface area contributed by atoms with Gasteiger partial charge in [0.25, 0.3) is 5.91 Å². The third-order valence-electron chi connectivity index (χ3n) is 2.72. The number of aromatic nitrogens is 2. The number of carboxylic acids is 1. The summed E-state index contributed by atoms with van der Waals surface area (Å²) in [7, 11) is 1.73. The zero-order chi connectivity index (χ0) is 14.9. The van der Waals surface area contributed by atoms with Crippen molar-refractivity contribution in [3.8, 4) is 0 Å². The van der Waals surface area contributed by atoms with Crippen molar-refractivity contribution < 1.29 is 14.7 Å². The van der Waals surface area contributed by atoms with Crippen molar-refractivity contribution in [1.82, 2.24) is 9.78 Å². The van der Waals surface area contributed by atoms with Gasteiger partial charge in [-0.15, -0.1) is 0 Å². The molecule has 0 aliphatic rings. The Hall–Kier alpha value is -2.15. The summed E-state index contributed by atoms with van der Waals surface area (Å²) in [6.45, 7) is 1.73. The number of nitrogens with one attached hydrogen (secondary N) is 1. The van der Waals surface area contributed by atoms with Crippen molar-refractivity contribution in [2.45, 2.75) is 6.92 Å². The number of carbonyl (C=O) groups excluding carboxylic acids is 1. The van der Waals surface area contributed by atoms with E-state index in [0.29, 0.717) is 21.4 Å². The SMILES string of the molecule is Cc1nn(C)cc1C(=O)Nc1cc(C(=O)O)ccc1Br. The Bertz CT molecular complexity index is 694. The number of aryl methyl sites for hydroxylation is 2. The zero-order valence-corrected chi connectivity index (χ0v) is 12.4. The van der Waals surface area contributed by atoms with Crippen molar-refractivity contribution in [3.63, 3.8) is 0 Å². The average molecular weight is 338 g/mol. The number of anilines is 1. The quantitative estimate of drug-likeness (QED) is 0.900. The first-order valence-electron chi connectivity index (χ1n) is 5.73. The fourth-order valence-corrected chi connectivity index (χ4v) is 2.11. The van der Waals surface area contributed by atoms with E-state index in [1.165, 1.54) is 12.1 Å². The van der Waals surface area contributed by atoms with E-state index in [4.69, 9.17) is 5.11 Å². The third kappa shape index (κ3) is 2.88. The van der Waals surface area contributed by atoms with E-state index in [9.17, 15) is 9.59 Å². The van der Waals surface area contributed by atoms with Gasteiger partial charge in [0.05, 0.1) is 22.5 Å². The van der Waals surface area contributed by atoms with E-state index in [-0.39, 0.29) is 11.5 Å². The van der Waals surface area contributed by atoms with Crippen LogP contribution in [0.5, 0.6) is 0 Å². The minimum absolute atomic E-state index is 0.103. The third-order valence-corrected chi connectivity index (χ3v) is 3.41. The molecular formula is C13H12BrN3O3. The lowest BCUT2D eigenvalue weighted by Crippen LogP contribution is -2.13. The van der Waals surface area contributed by atoms with E-state index in [1.807, 2.05) is 0 Å². The van der Waals surface area contributed by atoms with Gasteiger partial charge in [-0.2, -0.15) is 5.10 Å². The second-order valence-corrected chi connectivity index (χ2v) is 5.11. The summed E-state index contributed by atoms with van der Waals surface area (Å²) in [6, 6.07) is 4.43. The van der Waals surface area contributed by atoms with Gasteiger partial charge in [-0.3, -0.25) is 9.48 Å². The molecule has 2 N–H and O–H groups in total. The molecule has 0 atom stereocenters. The maximum Gasteiger partial charge on any atom is 0.335 e. The molecule has 0 bridgehead atoms. The van der Waals surface area contributed by atoms with Gasteiger partial charge >= 0.3 is 5.97 Å². The molecule has 0 unspecified atom stereocenters. The number of hydrogen-bond donors (Lipinski definition) is 2. The van der Waals surface area contributed by atoms with E-state index >= 15 is 0 Å². The minimum Gasteiger partial charge on any atom is -0.478 e. The van der Waals surface area contributed by atoms with Crippen LogP contribution in [-0.2, 0) is 7.05 Å². The molecule has 104 valence electrons. The molecule has 0 saturated carbocycles. The lowest BCUT2D eigenvalue weighted by Gasteiger charge is -2.07. The number of rotatable bonds is 3. The molecule has 0 fully saturated rings. The Morgan fingerprint density at radius 1 is 1.40 bits per heavy atom. The first-order chi connectivity index (χ1) is 9.38. The zero-order valence-electron chi connectivity index (χ0n) is 10.8. The molecule has 0 spiro atoms. The summed E-state index contributed by atoms with van der Waals surface area (Å²) in [5, 5.41) is 15.7. The van der Waals surface area contributed by atoms with E-state index in [1.54, 1.807) is 30.9 Å². The van der Waals surface area contributed by atoms with Gasteiger partial charge in [-0.25, -0.2) is 4.79 Å². The number of halogens is 1. The van der Waals surface area contributed by atoms with Crippen LogP contribution in [0.15, 0.2) is 28.9 Å². The van der Waals surface area contributed by atoms with Crippen LogP contribution in [0.25, 0.3) is 0 Å². The number of carboxylic acid groups (broad SMARTS) is 1. The second-order valence-electron chi connectivity index (χ2n) is 4.26. The average Bonchev–Trinajstić information content (AvgIpc) is 2.71. The van der Waals surface area contributed by atoms with Crippen molar-refractivity contribution in [2.75, 3.05) is 5.32 Å². The molecule has 20 heavy (non-hydrogen) atoms. The van der Waals surface area contributed by atoms with Crippen LogP contribution >= 0.6 is 15.9 Å². The number of amides is 1. The maximum atomic E-state index is 12.1. The summed E-state index contributed by atoms with van der Waals surface area (Å²) in [4.78, 5) is 23.1. The Balaban J connectivity index is 2.30. The van der Waals surface area contributed by atoms with Gasteiger partial charge in [-0.05, 0) is 41.1 Å². The lowest BCUT2D eigenvalue weighted by molar-refractivity contribution is 0.0696. The first kappa shape index (κ1) is 14.3. The van der Waals surface area contributed by atoms with Crippen molar-refractivity contribution in [1.29, 1.82) is 0 Å². The molecule has 1 heterocycles. The fraction of sp³-hybridized carbons (Fsp3) is 0.154. The van der Waals surface area contributed by atoms with Crippen molar-refractivity contribution >= 4 is 33.5 Å². The molecule has 2 rings (SSSR count). The Kier molecular flexibility index (Phi) is 3.89. The molecule has 1 aromatic carbocycles. The van der Waals surface area contributed by atoms with Gasteiger partial charge in [0.15, 0.2) is 0 Å². The van der Waals surface area contributed by atoms with Crippen LogP contribution in [0.2, 0.25) is 0 Å². The van der Waals surface area contributed by atoms with Crippen molar-refractivity contribution in [2.24, 2.45) is 7.05 Å². The number of benzene rings is 1. The van der Waals surface area contributed by atoms with Gasteiger partial charge in [-0.1, -0.05) is 0 Å². The summed E-state index contributed by atoms with van der Waals surface area (Å²) < 4.78 is 2.16. The van der Waals surface area contributed by atoms with Crippen LogP contribution in [0, 0.1) is 6.92 Å². The van der Waals surface area contributed by atoms with Gasteiger partial charge in [0.1, 0.15) is 0 Å². The molecule has 0 radical (unpaired) electrons. The minimum atomic E-state index is -1.05. The van der Waals surface area contributed by atoms with E-state index in [0.717, 1.165) is 0 Å². The molecule has 2 aromatic rings. The highest BCUT2D eigenvalue weighted by molar-refractivity contribution is 9.10. The maximum absolute atomic E-state index is 12.1. The molecule has 0 aliphatic heterocycles. The smallest absolute Gasteiger partial charge is 0.335 e. The summed E-state index contributed by atoms with van der Waals surface area (Å²) >= 11 is 3.28. The molecule has 0 saturated heterocycles. The largest absolute Gasteiger partial charge is 0.478 e. The van der Waals surface area contributed by atoms with Gasteiger partial charge < -0.3 is 10.4 Å². The number of nitrogens with zero attached hydrogens (tertiary/aromatic N) is 2. The summed E-state index contributed by atoms with van der Waals surface area (Å²) in [6.07, 6.45) is 1.61. The van der Waals surface area contributed by atoms with Crippen LogP contribution in [0.3, 0.4) is 0 Å². The number of aromatic carboxylic acids is 1. The van der Waals surface area contributed by atoms with E-state index in [2.05, 4.69) is 26.3 Å². The molecule has 1 amide bonds. The van der Waals surface area contributed by atoms with Crippen LogP contribution in [-0.4, -0.2) is 26.8 Å². The molecular weight excluding hydrogens is 326 g/mol. The number of hydrogen-bond acceptors (Lipinski definition) is 3. The monoisotopic (exact) mass is 337 g/mol. The topological polar surface area (TPSA) is 84.2 Å². The highest BCUT2D eigenvalue weighted by atomic mass is 79.9. The Morgan fingerprint density at radius 2 is 2.10 bits per heavy atom. The van der Waals surface area contributed by atoms with Crippen LogP contribution in [0.1, 0.15) is 26.4 Å². The summed E-state index contributed by atoms with van der Waals surface area (Å²) in [5.41, 5.74) is 1.56. The molecule has 0 aliphatic carbocycles. The molecule has 7 heteroatoms. The standard InChI is InChI=1S/C13H12BrN3O3/c1-7-9(6-17(2)16-7)12(18)15-11-5-8(13(19)20)3-4-10(11)14/h3-6H,1-2H3,(H,15,18)(H,19,20). The van der Waals surface area contributed by atoms with Crippen LogP contribution < -0.4 is 5.32 Å². The van der Waals surface area contributed by atoms with Gasteiger partial charge in [0.2, 0.25) is 0 Å². The lowest BCUT2D eigenvalue weighted by atomic mass is 10.2. The van der Waals surface area contributed by atoms with Crippen LogP contribution in [0.4, 0.5) is 5.69 Å². The Morgan fingerprint density at radius 3 is 2.65 bits per heavy atom. The highest BCUT2D eigenvalue weighted by Gasteiger charge is 2.15. The highest BCUT2D eigenvalue weighted by Crippen LogP contribution is 2.24.